The van der Waals surface area contributed by atoms with Gasteiger partial charge in [0.15, 0.2) is 0 Å². The minimum Gasteiger partial charge on any atom is -0.353 e. The third kappa shape index (κ3) is 4.51. The molecule has 1 aliphatic carbocycles. The fourth-order valence-corrected chi connectivity index (χ4v) is 8.59. The highest BCUT2D eigenvalue weighted by Crippen LogP contribution is 2.41. The summed E-state index contributed by atoms with van der Waals surface area (Å²) in [5.41, 5.74) is 1.96. The lowest BCUT2D eigenvalue weighted by atomic mass is 9.89. The lowest BCUT2D eigenvalue weighted by molar-refractivity contribution is 0.384. The molecular weight excluding hydrogens is 502 g/mol. The van der Waals surface area contributed by atoms with Gasteiger partial charge in [-0.25, -0.2) is 18.4 Å². The molecule has 0 spiro atoms. The Hall–Kier alpha value is -2.62. The molecule has 1 aliphatic heterocycles. The SMILES string of the molecule is CCCCc1nc(N2CCN(S(=O)(=O)c3cccc4cccnc34)CC2)c2c3c(sc2n1)CC(C)CC3. The number of anilines is 1. The van der Waals surface area contributed by atoms with Crippen molar-refractivity contribution in [2.75, 3.05) is 31.1 Å². The van der Waals surface area contributed by atoms with Gasteiger partial charge in [-0.05, 0) is 49.3 Å². The second-order valence-electron chi connectivity index (χ2n) is 10.3. The molecule has 194 valence electrons. The third-order valence-corrected chi connectivity index (χ3v) is 10.8. The van der Waals surface area contributed by atoms with Crippen molar-refractivity contribution in [3.63, 3.8) is 0 Å². The number of pyridine rings is 1. The van der Waals surface area contributed by atoms with Crippen LogP contribution in [0.15, 0.2) is 41.4 Å². The molecule has 1 saturated heterocycles. The molecule has 1 unspecified atom stereocenters. The Morgan fingerprint density at radius 1 is 1.08 bits per heavy atom. The van der Waals surface area contributed by atoms with Gasteiger partial charge in [0.2, 0.25) is 10.0 Å². The first-order valence-electron chi connectivity index (χ1n) is 13.4. The number of aromatic nitrogens is 3. The molecule has 6 rings (SSSR count). The molecule has 0 saturated carbocycles. The molecule has 0 radical (unpaired) electrons. The van der Waals surface area contributed by atoms with Crippen molar-refractivity contribution in [3.8, 4) is 0 Å². The average Bonchev–Trinajstić information content (AvgIpc) is 3.28. The van der Waals surface area contributed by atoms with Crippen LogP contribution in [0.5, 0.6) is 0 Å². The Labute approximate surface area is 222 Å². The summed E-state index contributed by atoms with van der Waals surface area (Å²) in [6.45, 7) is 6.58. The van der Waals surface area contributed by atoms with Crippen LogP contribution in [0.1, 0.15) is 49.4 Å². The van der Waals surface area contributed by atoms with Gasteiger partial charge in [-0.3, -0.25) is 4.98 Å². The molecular formula is C28H33N5O2S2. The van der Waals surface area contributed by atoms with E-state index in [0.29, 0.717) is 37.6 Å². The van der Waals surface area contributed by atoms with Crippen molar-refractivity contribution in [2.24, 2.45) is 5.92 Å². The smallest absolute Gasteiger partial charge is 0.245 e. The summed E-state index contributed by atoms with van der Waals surface area (Å²) >= 11 is 1.84. The van der Waals surface area contributed by atoms with Crippen LogP contribution in [-0.2, 0) is 29.3 Å². The molecule has 3 aromatic heterocycles. The van der Waals surface area contributed by atoms with Crippen molar-refractivity contribution in [3.05, 3.63) is 52.8 Å². The fraction of sp³-hybridized carbons (Fsp3) is 0.464. The van der Waals surface area contributed by atoms with E-state index in [4.69, 9.17) is 9.97 Å². The summed E-state index contributed by atoms with van der Waals surface area (Å²) in [6, 6.07) is 9.10. The van der Waals surface area contributed by atoms with Crippen LogP contribution in [-0.4, -0.2) is 53.9 Å². The van der Waals surface area contributed by atoms with E-state index in [9.17, 15) is 8.42 Å². The first-order valence-corrected chi connectivity index (χ1v) is 15.6. The Balaban J connectivity index is 1.31. The number of hydrogen-bond acceptors (Lipinski definition) is 7. The van der Waals surface area contributed by atoms with Gasteiger partial charge in [0.1, 0.15) is 21.4 Å². The molecule has 1 aromatic carbocycles. The van der Waals surface area contributed by atoms with Crippen LogP contribution in [0.4, 0.5) is 5.82 Å². The van der Waals surface area contributed by atoms with E-state index in [1.807, 2.05) is 29.5 Å². The maximum atomic E-state index is 13.7. The first-order chi connectivity index (χ1) is 18.0. The number of hydrogen-bond donors (Lipinski definition) is 0. The first kappa shape index (κ1) is 24.7. The van der Waals surface area contributed by atoms with Gasteiger partial charge in [-0.1, -0.05) is 38.5 Å². The molecule has 9 heteroatoms. The molecule has 0 bridgehead atoms. The molecule has 0 amide bonds. The van der Waals surface area contributed by atoms with Crippen LogP contribution >= 0.6 is 11.3 Å². The molecule has 0 N–H and O–H groups in total. The lowest BCUT2D eigenvalue weighted by Crippen LogP contribution is -2.49. The number of benzene rings is 1. The van der Waals surface area contributed by atoms with Gasteiger partial charge in [-0.2, -0.15) is 4.31 Å². The van der Waals surface area contributed by atoms with E-state index in [1.54, 1.807) is 22.6 Å². The second-order valence-corrected chi connectivity index (χ2v) is 13.3. The van der Waals surface area contributed by atoms with Crippen LogP contribution in [0, 0.1) is 5.92 Å². The average molecular weight is 536 g/mol. The van der Waals surface area contributed by atoms with Crippen molar-refractivity contribution in [1.29, 1.82) is 0 Å². The largest absolute Gasteiger partial charge is 0.353 e. The maximum absolute atomic E-state index is 13.7. The van der Waals surface area contributed by atoms with E-state index in [1.165, 1.54) is 22.2 Å². The van der Waals surface area contributed by atoms with E-state index >= 15 is 0 Å². The monoisotopic (exact) mass is 535 g/mol. The Bertz CT molecular complexity index is 1550. The van der Waals surface area contributed by atoms with Gasteiger partial charge in [0.05, 0.1) is 10.9 Å². The lowest BCUT2D eigenvalue weighted by Gasteiger charge is -2.35. The highest BCUT2D eigenvalue weighted by Gasteiger charge is 2.32. The summed E-state index contributed by atoms with van der Waals surface area (Å²) < 4.78 is 28.9. The predicted molar refractivity (Wildman–Crippen MR) is 150 cm³/mol. The summed E-state index contributed by atoms with van der Waals surface area (Å²) in [4.78, 5) is 19.6. The molecule has 4 aromatic rings. The number of thiophene rings is 1. The van der Waals surface area contributed by atoms with Crippen LogP contribution in [0.2, 0.25) is 0 Å². The Kier molecular flexibility index (Phi) is 6.63. The van der Waals surface area contributed by atoms with Crippen molar-refractivity contribution in [2.45, 2.75) is 57.3 Å². The Morgan fingerprint density at radius 3 is 2.70 bits per heavy atom. The number of fused-ring (bicyclic) bond motifs is 4. The fourth-order valence-electron chi connectivity index (χ4n) is 5.61. The normalized spacial score (nSPS) is 19.0. The maximum Gasteiger partial charge on any atom is 0.245 e. The zero-order valence-electron chi connectivity index (χ0n) is 21.5. The standard InChI is InChI=1S/C28H33N5O2S2/c1-3-4-10-24-30-27(25-21-12-11-19(2)18-22(21)36-28(25)31-24)32-14-16-33(17-15-32)37(34,35)23-9-5-7-20-8-6-13-29-26(20)23/h5-9,13,19H,3-4,10-12,14-18H2,1-2H3. The summed E-state index contributed by atoms with van der Waals surface area (Å²) in [5, 5.41) is 2.04. The predicted octanol–water partition coefficient (Wildman–Crippen LogP) is 5.22. The summed E-state index contributed by atoms with van der Waals surface area (Å²) in [7, 11) is -3.65. The minimum absolute atomic E-state index is 0.284. The molecule has 4 heterocycles. The van der Waals surface area contributed by atoms with Gasteiger partial charge in [0.25, 0.3) is 0 Å². The van der Waals surface area contributed by atoms with Crippen LogP contribution < -0.4 is 4.90 Å². The second kappa shape index (κ2) is 9.93. The van der Waals surface area contributed by atoms with Crippen LogP contribution in [0.3, 0.4) is 0 Å². The highest BCUT2D eigenvalue weighted by molar-refractivity contribution is 7.89. The number of sulfonamides is 1. The summed E-state index contributed by atoms with van der Waals surface area (Å²) in [6.07, 6.45) is 8.08. The zero-order valence-corrected chi connectivity index (χ0v) is 23.1. The molecule has 1 fully saturated rings. The number of piperazine rings is 1. The van der Waals surface area contributed by atoms with Gasteiger partial charge in [0, 0.05) is 49.1 Å². The zero-order chi connectivity index (χ0) is 25.6. The number of unbranched alkanes of at least 4 members (excludes halogenated alkanes) is 1. The molecule has 1 atom stereocenters. The van der Waals surface area contributed by atoms with Crippen molar-refractivity contribution >= 4 is 48.3 Å². The van der Waals surface area contributed by atoms with Gasteiger partial charge in [-0.15, -0.1) is 11.3 Å². The Morgan fingerprint density at radius 2 is 1.89 bits per heavy atom. The van der Waals surface area contributed by atoms with Gasteiger partial charge >= 0.3 is 0 Å². The third-order valence-electron chi connectivity index (χ3n) is 7.69. The quantitative estimate of drug-likeness (QED) is 0.337. The van der Waals surface area contributed by atoms with Crippen molar-refractivity contribution in [1.82, 2.24) is 19.3 Å². The minimum atomic E-state index is -3.65. The van der Waals surface area contributed by atoms with E-state index < -0.39 is 10.0 Å². The topological polar surface area (TPSA) is 79.3 Å². The van der Waals surface area contributed by atoms with E-state index in [-0.39, 0.29) is 4.90 Å². The van der Waals surface area contributed by atoms with Crippen LogP contribution in [0.25, 0.3) is 21.1 Å². The number of rotatable bonds is 6. The number of aryl methyl sites for hydroxylation is 2. The van der Waals surface area contributed by atoms with E-state index in [2.05, 4.69) is 23.7 Å². The number of nitrogens with zero attached hydrogens (tertiary/aromatic N) is 5. The molecule has 37 heavy (non-hydrogen) atoms. The molecule has 7 nitrogen and oxygen atoms in total. The number of para-hydroxylation sites is 1. The van der Waals surface area contributed by atoms with E-state index in [0.717, 1.165) is 54.0 Å². The molecule has 2 aliphatic rings. The van der Waals surface area contributed by atoms with Crippen molar-refractivity contribution < 1.29 is 8.42 Å². The van der Waals surface area contributed by atoms with Gasteiger partial charge < -0.3 is 4.90 Å². The highest BCUT2D eigenvalue weighted by atomic mass is 32.2. The summed E-state index contributed by atoms with van der Waals surface area (Å²) in [5.74, 6) is 2.62.